The van der Waals surface area contributed by atoms with Gasteiger partial charge in [-0.3, -0.25) is 15.0 Å². The van der Waals surface area contributed by atoms with Crippen LogP contribution in [0.2, 0.25) is 5.02 Å². The number of carbonyl (C=O) groups excluding carboxylic acids is 2. The molecule has 10 nitrogen and oxygen atoms in total. The van der Waals surface area contributed by atoms with E-state index < -0.39 is 52.3 Å². The van der Waals surface area contributed by atoms with Crippen LogP contribution >= 0.6 is 11.6 Å². The number of nitrogens with one attached hydrogen (secondary N) is 1. The van der Waals surface area contributed by atoms with E-state index in [0.29, 0.717) is 38.5 Å². The molecular formula is C33H29ClFN5O5. The number of aryl methyl sites for hydroxylation is 2. The summed E-state index contributed by atoms with van der Waals surface area (Å²) in [7, 11) is 1.41. The topological polar surface area (TPSA) is 119 Å². The number of phenolic OH excluding ortho intramolecular Hbond substituents is 1. The number of rotatable bonds is 4. The number of nitrogens with zero attached hydrogens (tertiary/aromatic N) is 4. The number of aromatic hydroxyl groups is 1. The molecule has 2 N–H and O–H groups in total. The summed E-state index contributed by atoms with van der Waals surface area (Å²) >= 11 is 6.30. The summed E-state index contributed by atoms with van der Waals surface area (Å²) in [6.07, 6.45) is 1.92. The van der Waals surface area contributed by atoms with Crippen molar-refractivity contribution < 1.29 is 19.1 Å². The molecule has 1 saturated heterocycles. The van der Waals surface area contributed by atoms with Gasteiger partial charge in [-0.25, -0.2) is 27.9 Å². The molecule has 2 aliphatic heterocycles. The second-order valence-corrected chi connectivity index (χ2v) is 12.4. The van der Waals surface area contributed by atoms with Crippen LogP contribution in [0.3, 0.4) is 0 Å². The number of imide groups is 1. The largest absolute Gasteiger partial charge is 0.507 e. The molecule has 4 aromatic rings. The highest BCUT2D eigenvalue weighted by atomic mass is 35.5. The van der Waals surface area contributed by atoms with Crippen LogP contribution < -0.4 is 16.8 Å². The molecule has 3 heterocycles. The molecule has 1 aromatic heterocycles. The molecule has 3 aromatic carbocycles. The third kappa shape index (κ3) is 3.99. The Kier molecular flexibility index (Phi) is 6.45. The van der Waals surface area contributed by atoms with Gasteiger partial charge in [-0.05, 0) is 84.5 Å². The molecule has 7 rings (SSSR count). The van der Waals surface area contributed by atoms with E-state index in [0.717, 1.165) is 9.58 Å². The number of carbonyl (C=O) groups is 2. The Morgan fingerprint density at radius 2 is 1.60 bits per heavy atom. The number of phenols is 1. The van der Waals surface area contributed by atoms with Crippen LogP contribution in [0.4, 0.5) is 10.1 Å². The first-order valence-corrected chi connectivity index (χ1v) is 14.9. The van der Waals surface area contributed by atoms with Crippen LogP contribution in [0.1, 0.15) is 40.6 Å². The Hall–Kier alpha value is -4.90. The quantitative estimate of drug-likeness (QED) is 0.259. The van der Waals surface area contributed by atoms with Gasteiger partial charge in [0, 0.05) is 18.0 Å². The SMILES string of the molecule is Cc1cc(C2C3=CCn4c(=O)n(C)c(=O)n4C3CC3C(=O)N(Nc4ccc(F)cc4)C(=O)C32c2ccc(Cl)cc2)cc(C)c1O. The van der Waals surface area contributed by atoms with Crippen molar-refractivity contribution in [2.24, 2.45) is 13.0 Å². The van der Waals surface area contributed by atoms with Crippen molar-refractivity contribution in [2.75, 3.05) is 5.43 Å². The number of benzene rings is 3. The number of fused-ring (bicyclic) bond motifs is 4. The molecule has 0 radical (unpaired) electrons. The van der Waals surface area contributed by atoms with Crippen LogP contribution in [-0.4, -0.2) is 35.9 Å². The number of hydrazine groups is 1. The maximum atomic E-state index is 15.0. The number of anilines is 1. The van der Waals surface area contributed by atoms with Gasteiger partial charge in [-0.15, -0.1) is 0 Å². The monoisotopic (exact) mass is 629 g/mol. The molecule has 3 aliphatic rings. The van der Waals surface area contributed by atoms with Gasteiger partial charge in [0.05, 0.1) is 29.6 Å². The van der Waals surface area contributed by atoms with Crippen LogP contribution in [0.25, 0.3) is 0 Å². The summed E-state index contributed by atoms with van der Waals surface area (Å²) in [6, 6.07) is 15.0. The summed E-state index contributed by atoms with van der Waals surface area (Å²) in [5.41, 5.74) is 3.83. The van der Waals surface area contributed by atoms with E-state index >= 15 is 4.79 Å². The lowest BCUT2D eigenvalue weighted by molar-refractivity contribution is -0.138. The lowest BCUT2D eigenvalue weighted by atomic mass is 9.53. The van der Waals surface area contributed by atoms with Gasteiger partial charge in [0.25, 0.3) is 11.8 Å². The molecule has 2 fully saturated rings. The van der Waals surface area contributed by atoms with Gasteiger partial charge in [-0.2, -0.15) is 5.01 Å². The van der Waals surface area contributed by atoms with E-state index in [9.17, 15) is 23.9 Å². The number of aromatic nitrogens is 3. The summed E-state index contributed by atoms with van der Waals surface area (Å²) < 4.78 is 17.5. The second kappa shape index (κ2) is 10.1. The van der Waals surface area contributed by atoms with Crippen molar-refractivity contribution in [3.8, 4) is 5.75 Å². The van der Waals surface area contributed by atoms with E-state index in [1.807, 2.05) is 6.08 Å². The Bertz CT molecular complexity index is 2040. The molecule has 4 unspecified atom stereocenters. The van der Waals surface area contributed by atoms with E-state index in [-0.39, 0.29) is 18.7 Å². The van der Waals surface area contributed by atoms with Crippen LogP contribution in [0.5, 0.6) is 5.75 Å². The molecule has 0 spiro atoms. The molecule has 12 heteroatoms. The fourth-order valence-electron chi connectivity index (χ4n) is 7.56. The van der Waals surface area contributed by atoms with E-state index in [2.05, 4.69) is 5.43 Å². The minimum atomic E-state index is -1.51. The van der Waals surface area contributed by atoms with Crippen LogP contribution in [-0.2, 0) is 28.6 Å². The van der Waals surface area contributed by atoms with Crippen molar-refractivity contribution in [2.45, 2.75) is 44.2 Å². The maximum Gasteiger partial charge on any atom is 0.347 e. The molecule has 1 saturated carbocycles. The van der Waals surface area contributed by atoms with E-state index in [1.165, 1.54) is 40.7 Å². The first kappa shape index (κ1) is 28.8. The van der Waals surface area contributed by atoms with Gasteiger partial charge >= 0.3 is 11.4 Å². The molecule has 1 aliphatic carbocycles. The van der Waals surface area contributed by atoms with Gasteiger partial charge in [0.1, 0.15) is 11.6 Å². The lowest BCUT2D eigenvalue weighted by Gasteiger charge is -2.49. The highest BCUT2D eigenvalue weighted by Gasteiger charge is 2.68. The summed E-state index contributed by atoms with van der Waals surface area (Å²) in [5, 5.41) is 12.1. The number of hydrogen-bond donors (Lipinski definition) is 2. The van der Waals surface area contributed by atoms with Gasteiger partial charge in [-0.1, -0.05) is 41.9 Å². The van der Waals surface area contributed by atoms with Crippen LogP contribution in [0, 0.1) is 25.6 Å². The van der Waals surface area contributed by atoms with Crippen molar-refractivity contribution in [3.05, 3.63) is 126 Å². The Morgan fingerprint density at radius 3 is 2.24 bits per heavy atom. The highest BCUT2D eigenvalue weighted by molar-refractivity contribution is 6.30. The van der Waals surface area contributed by atoms with Crippen molar-refractivity contribution in [1.29, 1.82) is 0 Å². The number of halogens is 2. The fourth-order valence-corrected chi connectivity index (χ4v) is 7.68. The van der Waals surface area contributed by atoms with Crippen molar-refractivity contribution in [1.82, 2.24) is 18.9 Å². The number of hydrogen-bond acceptors (Lipinski definition) is 6. The zero-order chi connectivity index (χ0) is 31.9. The fraction of sp³-hybridized carbons (Fsp3) is 0.273. The van der Waals surface area contributed by atoms with Gasteiger partial charge in [0.2, 0.25) is 0 Å². The van der Waals surface area contributed by atoms with Crippen LogP contribution in [0.15, 0.2) is 81.9 Å². The molecular weight excluding hydrogens is 601 g/mol. The molecule has 45 heavy (non-hydrogen) atoms. The van der Waals surface area contributed by atoms with E-state index in [1.54, 1.807) is 50.2 Å². The highest BCUT2D eigenvalue weighted by Crippen LogP contribution is 2.62. The Balaban J connectivity index is 1.52. The lowest BCUT2D eigenvalue weighted by Crippen LogP contribution is -2.53. The first-order valence-electron chi connectivity index (χ1n) is 14.5. The standard InChI is InChI=1S/C33H29ClFN5O5/c1-17-14-19(15-18(2)28(17)41)27-24-12-13-38-31(44)37(3)32(45)40(38)26(24)16-25-29(42)39(36-23-10-8-22(35)9-11-23)30(43)33(25,27)20-4-6-21(34)7-5-20/h4-12,14-15,25-27,36,41H,13,16H2,1-3H3. The second-order valence-electron chi connectivity index (χ2n) is 12.0. The average Bonchev–Trinajstić information content (AvgIpc) is 3.37. The first-order chi connectivity index (χ1) is 21.4. The van der Waals surface area contributed by atoms with Gasteiger partial charge < -0.3 is 5.11 Å². The predicted molar refractivity (Wildman–Crippen MR) is 164 cm³/mol. The van der Waals surface area contributed by atoms with Crippen molar-refractivity contribution >= 4 is 29.1 Å². The normalized spacial score (nSPS) is 23.8. The van der Waals surface area contributed by atoms with E-state index in [4.69, 9.17) is 11.6 Å². The molecule has 0 bridgehead atoms. The Morgan fingerprint density at radius 1 is 0.956 bits per heavy atom. The maximum absolute atomic E-state index is 15.0. The summed E-state index contributed by atoms with van der Waals surface area (Å²) in [4.78, 5) is 56.0. The smallest absolute Gasteiger partial charge is 0.347 e. The molecule has 230 valence electrons. The minimum absolute atomic E-state index is 0.0521. The van der Waals surface area contributed by atoms with Gasteiger partial charge in [0.15, 0.2) is 0 Å². The molecule has 2 amide bonds. The zero-order valence-corrected chi connectivity index (χ0v) is 25.4. The molecule has 4 atom stereocenters. The summed E-state index contributed by atoms with van der Waals surface area (Å²) in [6.45, 7) is 3.61. The summed E-state index contributed by atoms with van der Waals surface area (Å²) in [5.74, 6) is -3.19. The average molecular weight is 630 g/mol. The Labute approximate surface area is 261 Å². The van der Waals surface area contributed by atoms with Crippen molar-refractivity contribution in [3.63, 3.8) is 0 Å². The predicted octanol–water partition coefficient (Wildman–Crippen LogP) is 4.08. The zero-order valence-electron chi connectivity index (χ0n) is 24.6. The third-order valence-electron chi connectivity index (χ3n) is 9.56. The third-order valence-corrected chi connectivity index (χ3v) is 9.81. The number of amides is 2. The minimum Gasteiger partial charge on any atom is -0.507 e. The number of allylic oxidation sites excluding steroid dienone is 2.